The summed E-state index contributed by atoms with van der Waals surface area (Å²) < 4.78 is 13.9. The van der Waals surface area contributed by atoms with Crippen LogP contribution in [-0.4, -0.2) is 25.6 Å². The van der Waals surface area contributed by atoms with Crippen LogP contribution < -0.4 is 9.47 Å². The van der Waals surface area contributed by atoms with Crippen LogP contribution in [0.2, 0.25) is 0 Å². The second-order valence-corrected chi connectivity index (χ2v) is 15.8. The maximum Gasteiger partial charge on any atom is 0.219 e. The molecule has 11 heteroatoms. The van der Waals surface area contributed by atoms with Crippen molar-refractivity contribution in [2.24, 2.45) is 9.98 Å². The van der Waals surface area contributed by atoms with Gasteiger partial charge in [0, 0.05) is 43.1 Å². The summed E-state index contributed by atoms with van der Waals surface area (Å²) in [5.41, 5.74) is 5.87. The van der Waals surface area contributed by atoms with Crippen molar-refractivity contribution < 1.29 is 9.47 Å². The SMILES string of the molecule is COc1cc(N=C(C#N)C#N)sc1C1=Cc2cc3sc4cc5c(cc4c3cc2C1(C)C)C(C)(C)C(c1sc(N=C(C#N)C#N)cc1OC)=C5. The predicted octanol–water partition coefficient (Wildman–Crippen LogP) is 10.1. The molecule has 0 aliphatic heterocycles. The van der Waals surface area contributed by atoms with Gasteiger partial charge in [-0.15, -0.1) is 34.0 Å². The van der Waals surface area contributed by atoms with E-state index in [2.05, 4.69) is 74.1 Å². The maximum absolute atomic E-state index is 9.22. The molecule has 0 N–H and O–H groups in total. The molecule has 8 nitrogen and oxygen atoms in total. The number of benzene rings is 2. The molecule has 2 aliphatic carbocycles. The van der Waals surface area contributed by atoms with E-state index in [9.17, 15) is 21.0 Å². The highest BCUT2D eigenvalue weighted by molar-refractivity contribution is 7.25. The average molecular weight is 695 g/mol. The van der Waals surface area contributed by atoms with E-state index < -0.39 is 0 Å². The monoisotopic (exact) mass is 694 g/mol. The molecule has 0 saturated carbocycles. The summed E-state index contributed by atoms with van der Waals surface area (Å²) in [6.45, 7) is 8.85. The number of nitriles is 4. The Kier molecular flexibility index (Phi) is 7.54. The quantitative estimate of drug-likeness (QED) is 0.162. The van der Waals surface area contributed by atoms with Gasteiger partial charge in [0.05, 0.1) is 24.0 Å². The van der Waals surface area contributed by atoms with Crippen LogP contribution in [0.5, 0.6) is 11.5 Å². The largest absolute Gasteiger partial charge is 0.495 e. The lowest BCUT2D eigenvalue weighted by atomic mass is 9.79. The number of aliphatic imine (C=N–C) groups is 2. The number of hydrogen-bond donors (Lipinski definition) is 0. The van der Waals surface area contributed by atoms with Crippen molar-refractivity contribution in [2.75, 3.05) is 14.2 Å². The van der Waals surface area contributed by atoms with E-state index in [4.69, 9.17) is 9.47 Å². The molecule has 0 fully saturated rings. The van der Waals surface area contributed by atoms with Gasteiger partial charge >= 0.3 is 0 Å². The molecule has 49 heavy (non-hydrogen) atoms. The second-order valence-electron chi connectivity index (χ2n) is 12.7. The van der Waals surface area contributed by atoms with Crippen molar-refractivity contribution >= 4 is 98.9 Å². The van der Waals surface area contributed by atoms with E-state index in [-0.39, 0.29) is 22.3 Å². The number of hydrogen-bond acceptors (Lipinski definition) is 11. The minimum Gasteiger partial charge on any atom is -0.495 e. The first-order chi connectivity index (χ1) is 23.5. The van der Waals surface area contributed by atoms with E-state index in [1.807, 2.05) is 24.3 Å². The molecule has 7 rings (SSSR count). The van der Waals surface area contributed by atoms with Gasteiger partial charge in [0.25, 0.3) is 0 Å². The predicted molar refractivity (Wildman–Crippen MR) is 200 cm³/mol. The molecule has 0 bridgehead atoms. The normalized spacial score (nSPS) is 14.8. The molecule has 238 valence electrons. The highest BCUT2D eigenvalue weighted by Crippen LogP contribution is 2.56. The molecule has 0 radical (unpaired) electrons. The molecule has 0 spiro atoms. The molecule has 2 aliphatic rings. The van der Waals surface area contributed by atoms with Crippen LogP contribution in [0, 0.1) is 45.3 Å². The van der Waals surface area contributed by atoms with Crippen molar-refractivity contribution in [1.82, 2.24) is 0 Å². The lowest BCUT2D eigenvalue weighted by molar-refractivity contribution is 0.415. The Morgan fingerprint density at radius 1 is 0.592 bits per heavy atom. The van der Waals surface area contributed by atoms with Gasteiger partial charge in [0.15, 0.2) is 0 Å². The molecule has 3 heterocycles. The lowest BCUT2D eigenvalue weighted by Gasteiger charge is -2.25. The number of thiophene rings is 3. The fourth-order valence-corrected chi connectivity index (χ4v) is 10.3. The Balaban J connectivity index is 1.31. The molecular formula is C38H26N6O2S3. The maximum atomic E-state index is 9.22. The first-order valence-electron chi connectivity index (χ1n) is 15.1. The number of fused-ring (bicyclic) bond motifs is 5. The Bertz CT molecular complexity index is 2370. The average Bonchev–Trinajstić information content (AvgIpc) is 3.88. The zero-order valence-corrected chi connectivity index (χ0v) is 29.8. The highest BCUT2D eigenvalue weighted by atomic mass is 32.1. The zero-order chi connectivity index (χ0) is 34.8. The van der Waals surface area contributed by atoms with Crippen molar-refractivity contribution in [3.05, 3.63) is 68.4 Å². The van der Waals surface area contributed by atoms with Crippen LogP contribution in [0.1, 0.15) is 59.7 Å². The Hall–Kier alpha value is -5.56. The molecule has 2 aromatic carbocycles. The third-order valence-electron chi connectivity index (χ3n) is 9.27. The van der Waals surface area contributed by atoms with Gasteiger partial charge in [0.1, 0.15) is 45.8 Å². The molecule has 0 saturated heterocycles. The smallest absolute Gasteiger partial charge is 0.219 e. The highest BCUT2D eigenvalue weighted by Gasteiger charge is 2.39. The van der Waals surface area contributed by atoms with Gasteiger partial charge < -0.3 is 9.47 Å². The standard InChI is InChI=1S/C38H26N6O2S3/c1-37(2)25-11-23-24-12-26-20(8-28(38(26,3)4)36-30(46-6)14-34(49-36)44-22(17-41)18-42)10-32(24)47-31(23)9-19(25)7-27(37)35-29(45-5)13-33(48-35)43-21(15-39)16-40/h7-14H,1-6H3. The second kappa shape index (κ2) is 11.5. The topological polar surface area (TPSA) is 138 Å². The summed E-state index contributed by atoms with van der Waals surface area (Å²) >= 11 is 4.60. The molecule has 0 amide bonds. The first-order valence-corrected chi connectivity index (χ1v) is 17.6. The number of allylic oxidation sites excluding steroid dienone is 2. The van der Waals surface area contributed by atoms with Crippen molar-refractivity contribution in [2.45, 2.75) is 38.5 Å². The van der Waals surface area contributed by atoms with Gasteiger partial charge in [-0.25, -0.2) is 9.98 Å². The third-order valence-corrected chi connectivity index (χ3v) is 12.5. The first kappa shape index (κ1) is 32.0. The van der Waals surface area contributed by atoms with Crippen molar-refractivity contribution in [1.29, 1.82) is 21.0 Å². The Labute approximate surface area is 295 Å². The minimum atomic E-state index is -0.345. The number of methoxy groups -OCH3 is 2. The van der Waals surface area contributed by atoms with Gasteiger partial charge in [-0.05, 0) is 69.8 Å². The summed E-state index contributed by atoms with van der Waals surface area (Å²) in [5.74, 6) is 1.33. The fraction of sp³-hybridized carbons (Fsp3) is 0.211. The summed E-state index contributed by atoms with van der Waals surface area (Å²) in [7, 11) is 3.24. The van der Waals surface area contributed by atoms with Crippen LogP contribution in [0.4, 0.5) is 10.0 Å². The van der Waals surface area contributed by atoms with E-state index >= 15 is 0 Å². The summed E-state index contributed by atoms with van der Waals surface area (Å²) in [6.07, 6.45) is 4.44. The van der Waals surface area contributed by atoms with Crippen LogP contribution in [0.3, 0.4) is 0 Å². The molecule has 5 aromatic rings. The van der Waals surface area contributed by atoms with Gasteiger partial charge in [-0.1, -0.05) is 27.7 Å². The number of ether oxygens (including phenoxy) is 2. The lowest BCUT2D eigenvalue weighted by Crippen LogP contribution is -2.16. The number of rotatable bonds is 6. The van der Waals surface area contributed by atoms with Crippen LogP contribution in [0.15, 0.2) is 46.4 Å². The van der Waals surface area contributed by atoms with Gasteiger partial charge in [-0.3, -0.25) is 0 Å². The van der Waals surface area contributed by atoms with E-state index in [0.717, 1.165) is 32.0 Å². The van der Waals surface area contributed by atoms with Crippen LogP contribution in [0.25, 0.3) is 43.5 Å². The van der Waals surface area contributed by atoms with Crippen LogP contribution in [-0.2, 0) is 10.8 Å². The van der Waals surface area contributed by atoms with Gasteiger partial charge in [0.2, 0.25) is 11.4 Å². The third kappa shape index (κ3) is 4.95. The summed E-state index contributed by atoms with van der Waals surface area (Å²) in [4.78, 5) is 10.3. The molecule has 3 aromatic heterocycles. The van der Waals surface area contributed by atoms with Gasteiger partial charge in [-0.2, -0.15) is 21.0 Å². The minimum absolute atomic E-state index is 0.194. The van der Waals surface area contributed by atoms with Crippen molar-refractivity contribution in [3.8, 4) is 35.8 Å². The summed E-state index contributed by atoms with van der Waals surface area (Å²) in [5, 5.41) is 40.4. The van der Waals surface area contributed by atoms with Crippen LogP contribution >= 0.6 is 34.0 Å². The summed E-state index contributed by atoms with van der Waals surface area (Å²) in [6, 6.07) is 20.1. The van der Waals surface area contributed by atoms with E-state index in [1.54, 1.807) is 37.7 Å². The molecular weight excluding hydrogens is 669 g/mol. The van der Waals surface area contributed by atoms with Crippen molar-refractivity contribution in [3.63, 3.8) is 0 Å². The number of nitrogens with zero attached hydrogens (tertiary/aromatic N) is 6. The van der Waals surface area contributed by atoms with E-state index in [0.29, 0.717) is 21.5 Å². The molecule has 0 unspecified atom stereocenters. The Morgan fingerprint density at radius 3 is 1.33 bits per heavy atom. The van der Waals surface area contributed by atoms with E-state index in [1.165, 1.54) is 54.0 Å². The molecule has 0 atom stereocenters. The zero-order valence-electron chi connectivity index (χ0n) is 27.3. The fourth-order valence-electron chi connectivity index (χ4n) is 6.76. The Morgan fingerprint density at radius 2 is 0.980 bits per heavy atom.